The third kappa shape index (κ3) is 2.96. The number of rotatable bonds is 3. The van der Waals surface area contributed by atoms with Gasteiger partial charge in [0.25, 0.3) is 0 Å². The molecule has 1 aromatic carbocycles. The van der Waals surface area contributed by atoms with E-state index in [9.17, 15) is 8.78 Å². The van der Waals surface area contributed by atoms with Gasteiger partial charge in [-0.3, -0.25) is 0 Å². The van der Waals surface area contributed by atoms with Crippen molar-refractivity contribution in [2.45, 2.75) is 13.5 Å². The second kappa shape index (κ2) is 4.86. The predicted octanol–water partition coefficient (Wildman–Crippen LogP) is 2.68. The number of hydrogen-bond acceptors (Lipinski definition) is 3. The summed E-state index contributed by atoms with van der Waals surface area (Å²) in [5.74, 6) is -0.369. The second-order valence-electron chi connectivity index (χ2n) is 3.71. The molecule has 0 aliphatic carbocycles. The number of benzene rings is 1. The van der Waals surface area contributed by atoms with Gasteiger partial charge in [-0.2, -0.15) is 5.10 Å². The van der Waals surface area contributed by atoms with E-state index in [1.165, 1.54) is 0 Å². The molecule has 0 saturated carbocycles. The summed E-state index contributed by atoms with van der Waals surface area (Å²) in [6.45, 7) is 2.05. The van der Waals surface area contributed by atoms with Crippen LogP contribution >= 0.6 is 0 Å². The van der Waals surface area contributed by atoms with E-state index in [-0.39, 0.29) is 12.1 Å². The normalized spacial score (nSPS) is 10.3. The number of nitrogens with zero attached hydrogens (tertiary/aromatic N) is 2. The maximum Gasteiger partial charge on any atom is 0.149 e. The van der Waals surface area contributed by atoms with Crippen LogP contribution in [0.2, 0.25) is 0 Å². The van der Waals surface area contributed by atoms with Crippen LogP contribution in [-0.2, 0) is 6.54 Å². The van der Waals surface area contributed by atoms with Crippen LogP contribution in [-0.4, -0.2) is 10.2 Å². The minimum absolute atomic E-state index is 0.168. The molecule has 5 heteroatoms. The van der Waals surface area contributed by atoms with Gasteiger partial charge in [0, 0.05) is 12.1 Å². The third-order valence-electron chi connectivity index (χ3n) is 2.26. The lowest BCUT2D eigenvalue weighted by Crippen LogP contribution is -2.04. The van der Waals surface area contributed by atoms with Gasteiger partial charge >= 0.3 is 0 Å². The van der Waals surface area contributed by atoms with Crippen molar-refractivity contribution < 1.29 is 8.78 Å². The molecule has 0 fully saturated rings. The van der Waals surface area contributed by atoms with Crippen LogP contribution in [0.3, 0.4) is 0 Å². The van der Waals surface area contributed by atoms with E-state index >= 15 is 0 Å². The maximum absolute atomic E-state index is 13.3. The lowest BCUT2D eigenvalue weighted by molar-refractivity contribution is 0.587. The topological polar surface area (TPSA) is 37.8 Å². The summed E-state index contributed by atoms with van der Waals surface area (Å²) in [5, 5.41) is 10.5. The molecule has 1 aromatic heterocycles. The van der Waals surface area contributed by atoms with Gasteiger partial charge in [0.05, 0.1) is 6.20 Å². The zero-order valence-electron chi connectivity index (χ0n) is 9.24. The molecule has 0 bridgehead atoms. The van der Waals surface area contributed by atoms with Gasteiger partial charge in [0.15, 0.2) is 0 Å². The molecular formula is C12H11F2N3. The first-order valence-corrected chi connectivity index (χ1v) is 5.12. The summed E-state index contributed by atoms with van der Waals surface area (Å²) < 4.78 is 26.2. The Balaban J connectivity index is 2.09. The highest BCUT2D eigenvalue weighted by Crippen LogP contribution is 2.12. The number of aryl methyl sites for hydroxylation is 1. The first-order valence-electron chi connectivity index (χ1n) is 5.12. The summed E-state index contributed by atoms with van der Waals surface area (Å²) >= 11 is 0. The van der Waals surface area contributed by atoms with E-state index in [2.05, 4.69) is 15.5 Å². The van der Waals surface area contributed by atoms with Crippen LogP contribution < -0.4 is 5.32 Å². The minimum Gasteiger partial charge on any atom is -0.364 e. The Morgan fingerprint density at radius 1 is 1.24 bits per heavy atom. The Morgan fingerprint density at radius 3 is 2.82 bits per heavy atom. The first-order chi connectivity index (χ1) is 8.15. The molecule has 0 aliphatic rings. The van der Waals surface area contributed by atoms with Gasteiger partial charge in [-0.25, -0.2) is 8.78 Å². The van der Waals surface area contributed by atoms with Crippen molar-refractivity contribution in [1.82, 2.24) is 10.2 Å². The first kappa shape index (κ1) is 11.4. The standard InChI is InChI=1S/C12H11F2N3/c1-8-4-12(17-16-6-8)15-7-9-5-10(13)2-3-11(9)14/h2-6H,7H2,1H3,(H,15,17). The van der Waals surface area contributed by atoms with Crippen LogP contribution in [0.4, 0.5) is 14.6 Å². The van der Waals surface area contributed by atoms with Crippen LogP contribution in [0.1, 0.15) is 11.1 Å². The summed E-state index contributed by atoms with van der Waals surface area (Å²) in [4.78, 5) is 0. The van der Waals surface area contributed by atoms with E-state index in [0.717, 1.165) is 23.8 Å². The van der Waals surface area contributed by atoms with Crippen molar-refractivity contribution in [2.75, 3.05) is 5.32 Å². The monoisotopic (exact) mass is 235 g/mol. The van der Waals surface area contributed by atoms with Crippen LogP contribution in [0, 0.1) is 18.6 Å². The van der Waals surface area contributed by atoms with Gasteiger partial charge in [-0.15, -0.1) is 5.10 Å². The quantitative estimate of drug-likeness (QED) is 0.888. The van der Waals surface area contributed by atoms with Gasteiger partial charge in [0.2, 0.25) is 0 Å². The fourth-order valence-corrected chi connectivity index (χ4v) is 1.41. The molecule has 88 valence electrons. The molecule has 2 aromatic rings. The molecule has 0 unspecified atom stereocenters. The van der Waals surface area contributed by atoms with E-state index in [1.807, 2.05) is 6.92 Å². The Hall–Kier alpha value is -2.04. The summed E-state index contributed by atoms with van der Waals surface area (Å²) in [7, 11) is 0. The predicted molar refractivity (Wildman–Crippen MR) is 60.5 cm³/mol. The number of anilines is 1. The molecule has 17 heavy (non-hydrogen) atoms. The zero-order valence-corrected chi connectivity index (χ0v) is 9.24. The fraction of sp³-hybridized carbons (Fsp3) is 0.167. The molecule has 0 spiro atoms. The van der Waals surface area contributed by atoms with Gasteiger partial charge < -0.3 is 5.32 Å². The van der Waals surface area contributed by atoms with Crippen LogP contribution in [0.25, 0.3) is 0 Å². The molecule has 0 amide bonds. The number of nitrogens with one attached hydrogen (secondary N) is 1. The van der Waals surface area contributed by atoms with E-state index < -0.39 is 11.6 Å². The largest absolute Gasteiger partial charge is 0.364 e. The minimum atomic E-state index is -0.460. The van der Waals surface area contributed by atoms with Gasteiger partial charge in [-0.05, 0) is 36.8 Å². The Kier molecular flexibility index (Phi) is 3.27. The molecule has 2 rings (SSSR count). The molecule has 0 radical (unpaired) electrons. The maximum atomic E-state index is 13.3. The van der Waals surface area contributed by atoms with Crippen molar-refractivity contribution in [2.24, 2.45) is 0 Å². The van der Waals surface area contributed by atoms with Crippen molar-refractivity contribution in [3.8, 4) is 0 Å². The van der Waals surface area contributed by atoms with Crippen LogP contribution in [0.5, 0.6) is 0 Å². The summed E-state index contributed by atoms with van der Waals surface area (Å²) in [5.41, 5.74) is 1.20. The third-order valence-corrected chi connectivity index (χ3v) is 2.26. The second-order valence-corrected chi connectivity index (χ2v) is 3.71. The van der Waals surface area contributed by atoms with E-state index in [1.54, 1.807) is 12.3 Å². The number of aromatic nitrogens is 2. The highest BCUT2D eigenvalue weighted by atomic mass is 19.1. The average molecular weight is 235 g/mol. The van der Waals surface area contributed by atoms with Crippen molar-refractivity contribution in [1.29, 1.82) is 0 Å². The summed E-state index contributed by atoms with van der Waals surface area (Å²) in [6, 6.07) is 5.13. The van der Waals surface area contributed by atoms with E-state index in [0.29, 0.717) is 5.82 Å². The molecule has 1 N–H and O–H groups in total. The van der Waals surface area contributed by atoms with Crippen molar-refractivity contribution >= 4 is 5.82 Å². The molecule has 1 heterocycles. The highest BCUT2D eigenvalue weighted by Gasteiger charge is 2.04. The smallest absolute Gasteiger partial charge is 0.149 e. The number of halogens is 2. The fourth-order valence-electron chi connectivity index (χ4n) is 1.41. The molecular weight excluding hydrogens is 224 g/mol. The highest BCUT2D eigenvalue weighted by molar-refractivity contribution is 5.36. The Morgan fingerprint density at radius 2 is 2.06 bits per heavy atom. The van der Waals surface area contributed by atoms with Gasteiger partial charge in [0.1, 0.15) is 17.5 Å². The lowest BCUT2D eigenvalue weighted by atomic mass is 10.2. The zero-order chi connectivity index (χ0) is 12.3. The van der Waals surface area contributed by atoms with Gasteiger partial charge in [-0.1, -0.05) is 0 Å². The van der Waals surface area contributed by atoms with Crippen LogP contribution in [0.15, 0.2) is 30.5 Å². The SMILES string of the molecule is Cc1cnnc(NCc2cc(F)ccc2F)c1. The molecule has 3 nitrogen and oxygen atoms in total. The lowest BCUT2D eigenvalue weighted by Gasteiger charge is -2.06. The van der Waals surface area contributed by atoms with Crippen molar-refractivity contribution in [3.63, 3.8) is 0 Å². The van der Waals surface area contributed by atoms with Crippen molar-refractivity contribution in [3.05, 3.63) is 53.2 Å². The Bertz CT molecular complexity index is 529. The van der Waals surface area contributed by atoms with E-state index in [4.69, 9.17) is 0 Å². The molecule has 0 aliphatic heterocycles. The molecule has 0 atom stereocenters. The Labute approximate surface area is 97.5 Å². The molecule has 0 saturated heterocycles. The average Bonchev–Trinajstić information content (AvgIpc) is 2.30. The number of hydrogen-bond donors (Lipinski definition) is 1. The summed E-state index contributed by atoms with van der Waals surface area (Å²) in [6.07, 6.45) is 1.62.